The smallest absolute Gasteiger partial charge is 0.322 e. The molecule has 8 nitrogen and oxygen atoms in total. The van der Waals surface area contributed by atoms with Crippen molar-refractivity contribution in [1.29, 1.82) is 0 Å². The second kappa shape index (κ2) is 12.0. The lowest BCUT2D eigenvalue weighted by molar-refractivity contribution is -0.135. The summed E-state index contributed by atoms with van der Waals surface area (Å²) >= 11 is 0. The van der Waals surface area contributed by atoms with Gasteiger partial charge in [-0.25, -0.2) is 4.98 Å². The van der Waals surface area contributed by atoms with Gasteiger partial charge in [0.05, 0.1) is 0 Å². The number of hydrogen-bond acceptors (Lipinski definition) is 6. The molecule has 0 unspecified atom stereocenters. The number of nitrogens with one attached hydrogen (secondary N) is 3. The predicted octanol–water partition coefficient (Wildman–Crippen LogP) is 4.62. The second-order valence-corrected chi connectivity index (χ2v) is 8.86. The average molecular weight is 474 g/mol. The molecular weight excluding hydrogens is 442 g/mol. The van der Waals surface area contributed by atoms with Gasteiger partial charge in [-0.2, -0.15) is 4.98 Å². The lowest BCUT2D eigenvalue weighted by Crippen LogP contribution is -2.30. The molecule has 4 rings (SSSR count). The topological polar surface area (TPSA) is 116 Å². The number of carbonyl (C=O) groups excluding carboxylic acids is 1. The van der Waals surface area contributed by atoms with Crippen molar-refractivity contribution in [1.82, 2.24) is 15.3 Å². The summed E-state index contributed by atoms with van der Waals surface area (Å²) in [5.41, 5.74) is 3.22. The summed E-state index contributed by atoms with van der Waals surface area (Å²) in [4.78, 5) is 32.6. The van der Waals surface area contributed by atoms with Crippen molar-refractivity contribution >= 4 is 29.3 Å². The van der Waals surface area contributed by atoms with Crippen LogP contribution in [0.25, 0.3) is 0 Å². The first kappa shape index (κ1) is 24.2. The summed E-state index contributed by atoms with van der Waals surface area (Å²) in [6, 6.07) is 18.0. The van der Waals surface area contributed by atoms with Crippen molar-refractivity contribution in [2.24, 2.45) is 5.92 Å². The van der Waals surface area contributed by atoms with Gasteiger partial charge in [0.25, 0.3) is 5.91 Å². The Labute approximate surface area is 205 Å². The van der Waals surface area contributed by atoms with Crippen LogP contribution in [-0.4, -0.2) is 40.0 Å². The molecule has 35 heavy (non-hydrogen) atoms. The van der Waals surface area contributed by atoms with E-state index < -0.39 is 18.4 Å². The van der Waals surface area contributed by atoms with Crippen LogP contribution in [-0.2, 0) is 11.2 Å². The zero-order valence-corrected chi connectivity index (χ0v) is 19.7. The molecule has 1 aliphatic carbocycles. The van der Waals surface area contributed by atoms with Crippen LogP contribution in [0.2, 0.25) is 0 Å². The van der Waals surface area contributed by atoms with Crippen LogP contribution in [0, 0.1) is 5.92 Å². The van der Waals surface area contributed by atoms with E-state index >= 15 is 0 Å². The molecule has 1 aromatic heterocycles. The Morgan fingerprint density at radius 1 is 0.971 bits per heavy atom. The van der Waals surface area contributed by atoms with E-state index in [4.69, 9.17) is 5.11 Å². The van der Waals surface area contributed by atoms with E-state index in [0.29, 0.717) is 24.1 Å². The Kier molecular flexibility index (Phi) is 8.27. The largest absolute Gasteiger partial charge is 0.480 e. The number of hydrogen-bond donors (Lipinski definition) is 4. The molecule has 182 valence electrons. The highest BCUT2D eigenvalue weighted by atomic mass is 16.4. The Bertz CT molecular complexity index is 1150. The van der Waals surface area contributed by atoms with Crippen LogP contribution in [0.1, 0.15) is 53.6 Å². The van der Waals surface area contributed by atoms with Gasteiger partial charge in [-0.3, -0.25) is 9.59 Å². The maximum absolute atomic E-state index is 12.7. The molecule has 1 fully saturated rings. The van der Waals surface area contributed by atoms with E-state index in [-0.39, 0.29) is 5.56 Å². The van der Waals surface area contributed by atoms with Crippen molar-refractivity contribution in [2.75, 3.05) is 23.7 Å². The number of anilines is 3. The number of rotatable bonds is 10. The predicted molar refractivity (Wildman–Crippen MR) is 136 cm³/mol. The maximum Gasteiger partial charge on any atom is 0.322 e. The molecule has 1 heterocycles. The third-order valence-electron chi connectivity index (χ3n) is 6.21. The van der Waals surface area contributed by atoms with Crippen molar-refractivity contribution < 1.29 is 14.7 Å². The van der Waals surface area contributed by atoms with Gasteiger partial charge >= 0.3 is 5.97 Å². The molecular formula is C27H31N5O3. The van der Waals surface area contributed by atoms with E-state index in [0.717, 1.165) is 17.8 Å². The van der Waals surface area contributed by atoms with Crippen LogP contribution in [0.15, 0.2) is 60.8 Å². The van der Waals surface area contributed by atoms with Gasteiger partial charge in [0.15, 0.2) is 0 Å². The van der Waals surface area contributed by atoms with Gasteiger partial charge in [0.2, 0.25) is 5.95 Å². The molecule has 3 aromatic rings. The Hall–Kier alpha value is -3.94. The van der Waals surface area contributed by atoms with E-state index in [1.807, 2.05) is 42.5 Å². The fourth-order valence-corrected chi connectivity index (χ4v) is 4.35. The number of nitrogens with zero attached hydrogens (tertiary/aromatic N) is 2. The molecule has 0 spiro atoms. The van der Waals surface area contributed by atoms with Crippen LogP contribution in [0.4, 0.5) is 17.5 Å². The summed E-state index contributed by atoms with van der Waals surface area (Å²) in [5, 5.41) is 18.0. The van der Waals surface area contributed by atoms with Gasteiger partial charge in [-0.1, -0.05) is 67.8 Å². The minimum Gasteiger partial charge on any atom is -0.480 e. The highest BCUT2D eigenvalue weighted by Gasteiger charge is 2.18. The zero-order valence-electron chi connectivity index (χ0n) is 19.7. The number of aliphatic carboxylic acids is 1. The van der Waals surface area contributed by atoms with Crippen LogP contribution in [0.5, 0.6) is 0 Å². The first-order chi connectivity index (χ1) is 17.1. The summed E-state index contributed by atoms with van der Waals surface area (Å²) in [6.07, 6.45) is 8.34. The third-order valence-corrected chi connectivity index (χ3v) is 6.21. The Morgan fingerprint density at radius 3 is 2.49 bits per heavy atom. The summed E-state index contributed by atoms with van der Waals surface area (Å²) in [5.74, 6) is -0.307. The summed E-state index contributed by atoms with van der Waals surface area (Å²) < 4.78 is 0. The maximum atomic E-state index is 12.7. The van der Waals surface area contributed by atoms with Gasteiger partial charge in [0, 0.05) is 18.4 Å². The van der Waals surface area contributed by atoms with Gasteiger partial charge in [-0.15, -0.1) is 0 Å². The average Bonchev–Trinajstić information content (AvgIpc) is 2.88. The SMILES string of the molecule is O=C(O)CNC(=O)c1cnc(NCC2CCCCC2)nc1Nc1ccccc1Cc1ccccc1. The molecule has 0 atom stereocenters. The molecule has 1 saturated carbocycles. The number of carboxylic acids is 1. The van der Waals surface area contributed by atoms with Crippen molar-refractivity contribution in [3.05, 3.63) is 77.5 Å². The van der Waals surface area contributed by atoms with E-state index in [1.165, 1.54) is 43.9 Å². The van der Waals surface area contributed by atoms with Crippen LogP contribution < -0.4 is 16.0 Å². The number of para-hydroxylation sites is 1. The molecule has 4 N–H and O–H groups in total. The molecule has 0 aliphatic heterocycles. The summed E-state index contributed by atoms with van der Waals surface area (Å²) in [7, 11) is 0. The molecule has 0 radical (unpaired) electrons. The lowest BCUT2D eigenvalue weighted by Gasteiger charge is -2.22. The standard InChI is InChI=1S/C27H31N5O3/c33-24(34)18-28-26(35)22-17-30-27(29-16-20-11-5-2-6-12-20)32-25(22)31-23-14-8-7-13-21(23)15-19-9-3-1-4-10-19/h1,3-4,7-10,13-14,17,20H,2,5-6,11-12,15-16,18H2,(H,28,35)(H,33,34)(H2,29,30,31,32). The number of carbonyl (C=O) groups is 2. The fraction of sp³-hybridized carbons (Fsp3) is 0.333. The minimum atomic E-state index is -1.12. The van der Waals surface area contributed by atoms with E-state index in [9.17, 15) is 9.59 Å². The second-order valence-electron chi connectivity index (χ2n) is 8.86. The number of carboxylic acid groups (broad SMARTS) is 1. The Balaban J connectivity index is 1.58. The normalized spacial score (nSPS) is 13.7. The Morgan fingerprint density at radius 2 is 1.71 bits per heavy atom. The first-order valence-electron chi connectivity index (χ1n) is 12.1. The van der Waals surface area contributed by atoms with Gasteiger partial charge in [0.1, 0.15) is 17.9 Å². The quantitative estimate of drug-likeness (QED) is 0.340. The number of aromatic nitrogens is 2. The molecule has 1 aliphatic rings. The number of benzene rings is 2. The zero-order chi connectivity index (χ0) is 24.5. The third kappa shape index (κ3) is 7.02. The molecule has 0 bridgehead atoms. The fourth-order valence-electron chi connectivity index (χ4n) is 4.35. The highest BCUT2D eigenvalue weighted by molar-refractivity contribution is 6.00. The van der Waals surface area contributed by atoms with Gasteiger partial charge in [-0.05, 0) is 42.4 Å². The van der Waals surface area contributed by atoms with Crippen molar-refractivity contribution in [3.8, 4) is 0 Å². The molecule has 8 heteroatoms. The monoisotopic (exact) mass is 473 g/mol. The van der Waals surface area contributed by atoms with Crippen LogP contribution in [0.3, 0.4) is 0 Å². The van der Waals surface area contributed by atoms with Crippen molar-refractivity contribution in [2.45, 2.75) is 38.5 Å². The molecule has 2 aromatic carbocycles. The van der Waals surface area contributed by atoms with Gasteiger partial charge < -0.3 is 21.1 Å². The van der Waals surface area contributed by atoms with Crippen molar-refractivity contribution in [3.63, 3.8) is 0 Å². The van der Waals surface area contributed by atoms with Crippen LogP contribution >= 0.6 is 0 Å². The lowest BCUT2D eigenvalue weighted by atomic mass is 9.89. The first-order valence-corrected chi connectivity index (χ1v) is 12.1. The summed E-state index contributed by atoms with van der Waals surface area (Å²) in [6.45, 7) is 0.305. The van der Waals surface area contributed by atoms with E-state index in [2.05, 4.69) is 38.1 Å². The van der Waals surface area contributed by atoms with E-state index in [1.54, 1.807) is 0 Å². The minimum absolute atomic E-state index is 0.184. The number of amides is 1. The molecule has 1 amide bonds. The highest BCUT2D eigenvalue weighted by Crippen LogP contribution is 2.26. The molecule has 0 saturated heterocycles.